The second kappa shape index (κ2) is 8.98. The average molecular weight is 368 g/mol. The molecule has 3 rings (SSSR count). The number of fused-ring (bicyclic) bond motifs is 1. The highest BCUT2D eigenvalue weighted by Crippen LogP contribution is 2.26. The van der Waals surface area contributed by atoms with E-state index in [1.807, 2.05) is 31.2 Å². The van der Waals surface area contributed by atoms with Gasteiger partial charge in [0, 0.05) is 17.1 Å². The van der Waals surface area contributed by atoms with Gasteiger partial charge in [-0.05, 0) is 37.3 Å². The summed E-state index contributed by atoms with van der Waals surface area (Å²) in [7, 11) is 0. The first-order valence-corrected chi connectivity index (χ1v) is 10.0. The SMILES string of the molecule is CCCc1nc2ccccc2c(C(=O)OCC(=O)NC2CCCC2)c1CC. The number of hydrogen-bond acceptors (Lipinski definition) is 4. The number of nitrogens with one attached hydrogen (secondary N) is 1. The van der Waals surface area contributed by atoms with Crippen molar-refractivity contribution >= 4 is 22.8 Å². The van der Waals surface area contributed by atoms with E-state index < -0.39 is 5.97 Å². The molecule has 0 radical (unpaired) electrons. The summed E-state index contributed by atoms with van der Waals surface area (Å²) in [5.41, 5.74) is 3.22. The van der Waals surface area contributed by atoms with Gasteiger partial charge in [-0.25, -0.2) is 4.79 Å². The number of para-hydroxylation sites is 1. The molecule has 1 fully saturated rings. The monoisotopic (exact) mass is 368 g/mol. The zero-order valence-electron chi connectivity index (χ0n) is 16.2. The lowest BCUT2D eigenvalue weighted by Gasteiger charge is -2.16. The lowest BCUT2D eigenvalue weighted by Crippen LogP contribution is -2.36. The first kappa shape index (κ1) is 19.3. The number of carbonyl (C=O) groups is 2. The third-order valence-electron chi connectivity index (χ3n) is 5.18. The summed E-state index contributed by atoms with van der Waals surface area (Å²) in [5, 5.41) is 3.74. The molecule has 5 nitrogen and oxygen atoms in total. The Labute approximate surface area is 160 Å². The zero-order valence-corrected chi connectivity index (χ0v) is 16.2. The summed E-state index contributed by atoms with van der Waals surface area (Å²) in [6.07, 6.45) is 6.78. The molecule has 0 spiro atoms. The van der Waals surface area contributed by atoms with Crippen molar-refractivity contribution in [1.29, 1.82) is 0 Å². The van der Waals surface area contributed by atoms with E-state index in [0.29, 0.717) is 12.0 Å². The molecule has 1 aromatic heterocycles. The number of benzene rings is 1. The molecule has 1 aliphatic rings. The largest absolute Gasteiger partial charge is 0.452 e. The summed E-state index contributed by atoms with van der Waals surface area (Å²) in [4.78, 5) is 29.8. The number of nitrogens with zero attached hydrogens (tertiary/aromatic N) is 1. The minimum atomic E-state index is -0.440. The number of pyridine rings is 1. The minimum Gasteiger partial charge on any atom is -0.452 e. The van der Waals surface area contributed by atoms with Gasteiger partial charge >= 0.3 is 5.97 Å². The lowest BCUT2D eigenvalue weighted by atomic mass is 9.96. The Bertz CT molecular complexity index is 826. The normalized spacial score (nSPS) is 14.4. The highest BCUT2D eigenvalue weighted by molar-refractivity contribution is 6.05. The van der Waals surface area contributed by atoms with Crippen LogP contribution in [0.3, 0.4) is 0 Å². The number of hydrogen-bond donors (Lipinski definition) is 1. The fourth-order valence-electron chi connectivity index (χ4n) is 3.90. The molecule has 0 unspecified atom stereocenters. The van der Waals surface area contributed by atoms with Gasteiger partial charge in [0.15, 0.2) is 6.61 Å². The van der Waals surface area contributed by atoms with Crippen LogP contribution in [0, 0.1) is 0 Å². The number of aromatic nitrogens is 1. The molecule has 1 amide bonds. The molecule has 0 atom stereocenters. The number of esters is 1. The number of amides is 1. The summed E-state index contributed by atoms with van der Waals surface area (Å²) < 4.78 is 5.41. The van der Waals surface area contributed by atoms with Crippen molar-refractivity contribution < 1.29 is 14.3 Å². The second-order valence-electron chi connectivity index (χ2n) is 7.16. The van der Waals surface area contributed by atoms with Gasteiger partial charge in [-0.2, -0.15) is 0 Å². The van der Waals surface area contributed by atoms with Crippen molar-refractivity contribution in [3.05, 3.63) is 41.1 Å². The van der Waals surface area contributed by atoms with Crippen LogP contribution in [0.4, 0.5) is 0 Å². The smallest absolute Gasteiger partial charge is 0.339 e. The third-order valence-corrected chi connectivity index (χ3v) is 5.18. The van der Waals surface area contributed by atoms with Crippen molar-refractivity contribution in [3.8, 4) is 0 Å². The van der Waals surface area contributed by atoms with E-state index in [1.165, 1.54) is 0 Å². The molecule has 0 saturated heterocycles. The standard InChI is InChI=1S/C22H28N2O3/c1-3-9-18-16(4-2)21(17-12-7-8-13-19(17)24-18)22(26)27-14-20(25)23-15-10-5-6-11-15/h7-8,12-13,15H,3-6,9-11,14H2,1-2H3,(H,23,25). The minimum absolute atomic E-state index is 0.222. The first-order chi connectivity index (χ1) is 13.1. The van der Waals surface area contributed by atoms with Crippen molar-refractivity contribution in [1.82, 2.24) is 10.3 Å². The molecule has 0 aliphatic heterocycles. The van der Waals surface area contributed by atoms with E-state index in [2.05, 4.69) is 12.2 Å². The van der Waals surface area contributed by atoms with Crippen LogP contribution in [0.1, 0.15) is 67.6 Å². The Kier molecular flexibility index (Phi) is 6.43. The Morgan fingerprint density at radius 3 is 2.63 bits per heavy atom. The van der Waals surface area contributed by atoms with E-state index in [4.69, 9.17) is 9.72 Å². The van der Waals surface area contributed by atoms with Gasteiger partial charge in [-0.15, -0.1) is 0 Å². The maximum Gasteiger partial charge on any atom is 0.339 e. The summed E-state index contributed by atoms with van der Waals surface area (Å²) in [6.45, 7) is 3.88. The van der Waals surface area contributed by atoms with Crippen molar-refractivity contribution in [3.63, 3.8) is 0 Å². The maximum absolute atomic E-state index is 12.9. The van der Waals surface area contributed by atoms with E-state index in [0.717, 1.165) is 60.7 Å². The van der Waals surface area contributed by atoms with Gasteiger partial charge in [0.2, 0.25) is 0 Å². The summed E-state index contributed by atoms with van der Waals surface area (Å²) in [5.74, 6) is -0.662. The maximum atomic E-state index is 12.9. The van der Waals surface area contributed by atoms with Crippen molar-refractivity contribution in [2.24, 2.45) is 0 Å². The highest BCUT2D eigenvalue weighted by Gasteiger charge is 2.22. The van der Waals surface area contributed by atoms with Crippen LogP contribution in [0.5, 0.6) is 0 Å². The molecule has 1 N–H and O–H groups in total. The van der Waals surface area contributed by atoms with Crippen LogP contribution in [-0.2, 0) is 22.4 Å². The van der Waals surface area contributed by atoms with Gasteiger partial charge in [-0.3, -0.25) is 9.78 Å². The Morgan fingerprint density at radius 2 is 1.93 bits per heavy atom. The van der Waals surface area contributed by atoms with Crippen LogP contribution in [0.15, 0.2) is 24.3 Å². The van der Waals surface area contributed by atoms with Crippen LogP contribution in [0.2, 0.25) is 0 Å². The van der Waals surface area contributed by atoms with E-state index in [-0.39, 0.29) is 18.6 Å². The number of rotatable bonds is 7. The molecule has 1 aliphatic carbocycles. The van der Waals surface area contributed by atoms with Crippen LogP contribution < -0.4 is 5.32 Å². The van der Waals surface area contributed by atoms with Crippen LogP contribution in [-0.4, -0.2) is 29.5 Å². The molecular weight excluding hydrogens is 340 g/mol. The topological polar surface area (TPSA) is 68.3 Å². The van der Waals surface area contributed by atoms with E-state index in [9.17, 15) is 9.59 Å². The molecular formula is C22H28N2O3. The van der Waals surface area contributed by atoms with Gasteiger partial charge in [-0.1, -0.05) is 51.3 Å². The quantitative estimate of drug-likeness (QED) is 0.751. The van der Waals surface area contributed by atoms with E-state index >= 15 is 0 Å². The first-order valence-electron chi connectivity index (χ1n) is 10.0. The van der Waals surface area contributed by atoms with Gasteiger partial charge in [0.25, 0.3) is 5.91 Å². The predicted molar refractivity (Wildman–Crippen MR) is 106 cm³/mol. The molecule has 27 heavy (non-hydrogen) atoms. The summed E-state index contributed by atoms with van der Waals surface area (Å²) >= 11 is 0. The van der Waals surface area contributed by atoms with Gasteiger partial charge < -0.3 is 10.1 Å². The Balaban J connectivity index is 1.82. The van der Waals surface area contributed by atoms with Crippen molar-refractivity contribution in [2.45, 2.75) is 64.8 Å². The van der Waals surface area contributed by atoms with Gasteiger partial charge in [0.1, 0.15) is 0 Å². The fourth-order valence-corrected chi connectivity index (χ4v) is 3.90. The van der Waals surface area contributed by atoms with Crippen molar-refractivity contribution in [2.75, 3.05) is 6.61 Å². The fraction of sp³-hybridized carbons (Fsp3) is 0.500. The third kappa shape index (κ3) is 4.46. The molecule has 1 aromatic carbocycles. The molecule has 1 heterocycles. The Hall–Kier alpha value is -2.43. The molecule has 5 heteroatoms. The molecule has 144 valence electrons. The molecule has 1 saturated carbocycles. The van der Waals surface area contributed by atoms with Gasteiger partial charge in [0.05, 0.1) is 11.1 Å². The second-order valence-corrected chi connectivity index (χ2v) is 7.16. The summed E-state index contributed by atoms with van der Waals surface area (Å²) in [6, 6.07) is 7.84. The lowest BCUT2D eigenvalue weighted by molar-refractivity contribution is -0.124. The van der Waals surface area contributed by atoms with Crippen LogP contribution in [0.25, 0.3) is 10.9 Å². The Morgan fingerprint density at radius 1 is 1.19 bits per heavy atom. The number of aryl methyl sites for hydroxylation is 1. The molecule has 0 bridgehead atoms. The highest BCUT2D eigenvalue weighted by atomic mass is 16.5. The molecule has 2 aromatic rings. The average Bonchev–Trinajstić information content (AvgIpc) is 3.18. The number of ether oxygens (including phenoxy) is 1. The van der Waals surface area contributed by atoms with E-state index in [1.54, 1.807) is 0 Å². The zero-order chi connectivity index (χ0) is 19.2. The van der Waals surface area contributed by atoms with Crippen LogP contribution >= 0.6 is 0 Å². The number of carbonyl (C=O) groups excluding carboxylic acids is 2. The predicted octanol–water partition coefficient (Wildman–Crippen LogP) is 3.97.